The van der Waals surface area contributed by atoms with Gasteiger partial charge in [0.25, 0.3) is 0 Å². The lowest BCUT2D eigenvalue weighted by Gasteiger charge is -2.15. The molecule has 0 atom stereocenters. The van der Waals surface area contributed by atoms with Gasteiger partial charge in [-0.1, -0.05) is 0 Å². The zero-order valence-electron chi connectivity index (χ0n) is 11.9. The third-order valence-electron chi connectivity index (χ3n) is 3.56. The van der Waals surface area contributed by atoms with Crippen LogP contribution in [0, 0.1) is 0 Å². The number of ketones is 1. The molecule has 1 aromatic heterocycles. The van der Waals surface area contributed by atoms with Crippen molar-refractivity contribution >= 4 is 23.1 Å². The molecular formula is C16H14O5S. The summed E-state index contributed by atoms with van der Waals surface area (Å²) in [5.41, 5.74) is 2.23. The second kappa shape index (κ2) is 5.81. The van der Waals surface area contributed by atoms with E-state index in [9.17, 15) is 9.59 Å². The Hall–Kier alpha value is -2.34. The number of carbonyl (C=O) groups is 2. The number of benzene rings is 1. The fourth-order valence-electron chi connectivity index (χ4n) is 2.65. The molecule has 6 heteroatoms. The molecule has 2 aromatic rings. The number of ether oxygens (including phenoxy) is 2. The van der Waals surface area contributed by atoms with E-state index in [1.807, 2.05) is 5.38 Å². The highest BCUT2D eigenvalue weighted by Crippen LogP contribution is 2.40. The topological polar surface area (TPSA) is 72.8 Å². The Balaban J connectivity index is 2.20. The van der Waals surface area contributed by atoms with Gasteiger partial charge >= 0.3 is 5.97 Å². The molecule has 1 aromatic carbocycles. The number of carboxylic acid groups (broad SMARTS) is 1. The zero-order chi connectivity index (χ0) is 15.7. The molecule has 0 saturated heterocycles. The predicted molar refractivity (Wildman–Crippen MR) is 81.3 cm³/mol. The highest BCUT2D eigenvalue weighted by Gasteiger charge is 2.29. The van der Waals surface area contributed by atoms with Gasteiger partial charge in [0.2, 0.25) is 5.78 Å². The molecule has 1 aliphatic rings. The molecule has 1 N–H and O–H groups in total. The predicted octanol–water partition coefficient (Wildman–Crippen LogP) is 2.55. The van der Waals surface area contributed by atoms with Gasteiger partial charge in [-0.3, -0.25) is 9.59 Å². The number of carbonyl (C=O) groups excluding carboxylic acids is 1. The molecule has 0 saturated carbocycles. The zero-order valence-corrected chi connectivity index (χ0v) is 12.7. The van der Waals surface area contributed by atoms with Crippen LogP contribution >= 0.6 is 11.3 Å². The minimum atomic E-state index is -0.967. The van der Waals surface area contributed by atoms with Gasteiger partial charge in [-0.25, -0.2) is 0 Å². The Morgan fingerprint density at radius 3 is 2.91 bits per heavy atom. The van der Waals surface area contributed by atoms with Crippen LogP contribution in [0.2, 0.25) is 0 Å². The smallest absolute Gasteiger partial charge is 0.307 e. The van der Waals surface area contributed by atoms with Crippen molar-refractivity contribution in [3.63, 3.8) is 0 Å². The second-order valence-electron chi connectivity index (χ2n) is 4.94. The molecule has 3 rings (SSSR count). The van der Waals surface area contributed by atoms with Crippen LogP contribution in [-0.4, -0.2) is 30.6 Å². The minimum Gasteiger partial charge on any atom is -0.496 e. The molecule has 0 radical (unpaired) electrons. The maximum atomic E-state index is 12.8. The summed E-state index contributed by atoms with van der Waals surface area (Å²) in [5, 5.41) is 12.7. The maximum Gasteiger partial charge on any atom is 0.307 e. The molecule has 1 aliphatic heterocycles. The van der Waals surface area contributed by atoms with Crippen molar-refractivity contribution < 1.29 is 24.2 Å². The van der Waals surface area contributed by atoms with Crippen molar-refractivity contribution in [2.75, 3.05) is 13.7 Å². The SMILES string of the molecule is COc1c(CC(=O)O)cc2c(c1C(=O)c1ccsc1)OCC2. The van der Waals surface area contributed by atoms with E-state index < -0.39 is 5.97 Å². The van der Waals surface area contributed by atoms with Crippen molar-refractivity contribution in [3.05, 3.63) is 45.1 Å². The van der Waals surface area contributed by atoms with Crippen LogP contribution in [-0.2, 0) is 17.6 Å². The first-order valence-electron chi connectivity index (χ1n) is 6.76. The summed E-state index contributed by atoms with van der Waals surface area (Å²) in [6.45, 7) is 0.485. The van der Waals surface area contributed by atoms with E-state index in [0.29, 0.717) is 41.2 Å². The fourth-order valence-corrected chi connectivity index (χ4v) is 3.29. The number of hydrogen-bond acceptors (Lipinski definition) is 5. The summed E-state index contributed by atoms with van der Waals surface area (Å²) < 4.78 is 11.0. The van der Waals surface area contributed by atoms with Gasteiger partial charge in [-0.05, 0) is 23.1 Å². The summed E-state index contributed by atoms with van der Waals surface area (Å²) in [6.07, 6.45) is 0.468. The fraction of sp³-hybridized carbons (Fsp3) is 0.250. The van der Waals surface area contributed by atoms with E-state index in [-0.39, 0.29) is 12.2 Å². The van der Waals surface area contributed by atoms with E-state index in [1.54, 1.807) is 17.5 Å². The lowest BCUT2D eigenvalue weighted by Crippen LogP contribution is -2.10. The van der Waals surface area contributed by atoms with Gasteiger partial charge in [-0.15, -0.1) is 0 Å². The molecule has 2 heterocycles. The molecule has 0 aliphatic carbocycles. The standard InChI is InChI=1S/C16H14O5S/c1-20-15-11(7-12(17)18)6-9-2-4-21-16(9)13(15)14(19)10-3-5-22-8-10/h3,5-6,8H,2,4,7H2,1H3,(H,17,18). The molecule has 0 bridgehead atoms. The largest absolute Gasteiger partial charge is 0.496 e. The Morgan fingerprint density at radius 1 is 1.45 bits per heavy atom. The number of thiophene rings is 1. The lowest BCUT2D eigenvalue weighted by atomic mass is 9.95. The highest BCUT2D eigenvalue weighted by molar-refractivity contribution is 7.08. The summed E-state index contributed by atoms with van der Waals surface area (Å²) in [5.74, 6) is -0.365. The van der Waals surface area contributed by atoms with Gasteiger partial charge in [-0.2, -0.15) is 11.3 Å². The average molecular weight is 318 g/mol. The first-order chi connectivity index (χ1) is 10.6. The number of rotatable bonds is 5. The van der Waals surface area contributed by atoms with E-state index in [2.05, 4.69) is 0 Å². The normalized spacial score (nSPS) is 12.6. The number of methoxy groups -OCH3 is 1. The van der Waals surface area contributed by atoms with Crippen LogP contribution < -0.4 is 9.47 Å². The van der Waals surface area contributed by atoms with Gasteiger partial charge in [0.1, 0.15) is 17.1 Å². The summed E-state index contributed by atoms with van der Waals surface area (Å²) in [6, 6.07) is 3.50. The first kappa shape index (κ1) is 14.6. The van der Waals surface area contributed by atoms with Crippen LogP contribution in [0.15, 0.2) is 22.9 Å². The molecule has 0 fully saturated rings. The van der Waals surface area contributed by atoms with Crippen molar-refractivity contribution in [1.82, 2.24) is 0 Å². The quantitative estimate of drug-likeness (QED) is 0.858. The average Bonchev–Trinajstić information content (AvgIpc) is 3.15. The number of fused-ring (bicyclic) bond motifs is 1. The van der Waals surface area contributed by atoms with Crippen LogP contribution in [0.5, 0.6) is 11.5 Å². The van der Waals surface area contributed by atoms with E-state index in [1.165, 1.54) is 18.4 Å². The molecule has 0 amide bonds. The molecule has 0 unspecified atom stereocenters. The van der Waals surface area contributed by atoms with Crippen LogP contribution in [0.4, 0.5) is 0 Å². The third kappa shape index (κ3) is 2.46. The van der Waals surface area contributed by atoms with E-state index in [4.69, 9.17) is 14.6 Å². The first-order valence-corrected chi connectivity index (χ1v) is 7.70. The number of carboxylic acids is 1. The van der Waals surface area contributed by atoms with Crippen LogP contribution in [0.3, 0.4) is 0 Å². The maximum absolute atomic E-state index is 12.8. The summed E-state index contributed by atoms with van der Waals surface area (Å²) >= 11 is 1.43. The van der Waals surface area contributed by atoms with Crippen molar-refractivity contribution in [2.45, 2.75) is 12.8 Å². The number of aliphatic carboxylic acids is 1. The van der Waals surface area contributed by atoms with Gasteiger partial charge in [0, 0.05) is 22.9 Å². The molecule has 22 heavy (non-hydrogen) atoms. The Morgan fingerprint density at radius 2 is 2.27 bits per heavy atom. The van der Waals surface area contributed by atoms with Gasteiger partial charge < -0.3 is 14.6 Å². The second-order valence-corrected chi connectivity index (χ2v) is 5.72. The van der Waals surface area contributed by atoms with Crippen LogP contribution in [0.1, 0.15) is 27.0 Å². The lowest BCUT2D eigenvalue weighted by molar-refractivity contribution is -0.136. The highest BCUT2D eigenvalue weighted by atomic mass is 32.1. The van der Waals surface area contributed by atoms with Crippen molar-refractivity contribution in [3.8, 4) is 11.5 Å². The Kier molecular flexibility index (Phi) is 3.85. The monoisotopic (exact) mass is 318 g/mol. The minimum absolute atomic E-state index is 0.194. The van der Waals surface area contributed by atoms with Crippen molar-refractivity contribution in [1.29, 1.82) is 0 Å². The van der Waals surface area contributed by atoms with Gasteiger partial charge in [0.15, 0.2) is 0 Å². The molecule has 5 nitrogen and oxygen atoms in total. The van der Waals surface area contributed by atoms with Crippen molar-refractivity contribution in [2.24, 2.45) is 0 Å². The Bertz CT molecular complexity index is 733. The van der Waals surface area contributed by atoms with Gasteiger partial charge in [0.05, 0.1) is 20.1 Å². The van der Waals surface area contributed by atoms with E-state index >= 15 is 0 Å². The third-order valence-corrected chi connectivity index (χ3v) is 4.24. The molecular weight excluding hydrogens is 304 g/mol. The molecule has 114 valence electrons. The Labute approximate surface area is 131 Å². The van der Waals surface area contributed by atoms with Crippen LogP contribution in [0.25, 0.3) is 0 Å². The molecule has 0 spiro atoms. The van der Waals surface area contributed by atoms with E-state index in [0.717, 1.165) is 5.56 Å². The summed E-state index contributed by atoms with van der Waals surface area (Å²) in [4.78, 5) is 23.9. The number of hydrogen-bond donors (Lipinski definition) is 1. The summed E-state index contributed by atoms with van der Waals surface area (Å²) in [7, 11) is 1.44.